The Morgan fingerprint density at radius 1 is 1.38 bits per heavy atom. The smallest absolute Gasteiger partial charge is 0.0638 e. The van der Waals surface area contributed by atoms with E-state index in [1.165, 1.54) is 5.56 Å². The van der Waals surface area contributed by atoms with Crippen molar-refractivity contribution in [3.05, 3.63) is 17.5 Å². The Kier molecular flexibility index (Phi) is 5.79. The van der Waals surface area contributed by atoms with Crippen molar-refractivity contribution in [2.75, 3.05) is 32.8 Å². The first-order valence-electron chi connectivity index (χ1n) is 8.06. The van der Waals surface area contributed by atoms with Crippen LogP contribution in [0.5, 0.6) is 0 Å². The van der Waals surface area contributed by atoms with Crippen LogP contribution in [0.4, 0.5) is 0 Å². The highest BCUT2D eigenvalue weighted by atomic mass is 16.3. The highest BCUT2D eigenvalue weighted by Gasteiger charge is 2.27. The van der Waals surface area contributed by atoms with Gasteiger partial charge < -0.3 is 5.11 Å². The topological polar surface area (TPSA) is 44.5 Å². The second-order valence-electron chi connectivity index (χ2n) is 6.70. The third-order valence-corrected chi connectivity index (χ3v) is 4.26. The van der Waals surface area contributed by atoms with Crippen molar-refractivity contribution in [2.45, 2.75) is 39.8 Å². The molecular weight excluding hydrogens is 264 g/mol. The van der Waals surface area contributed by atoms with Crippen molar-refractivity contribution in [3.8, 4) is 0 Å². The minimum atomic E-state index is 0.277. The maximum atomic E-state index is 9.34. The van der Waals surface area contributed by atoms with Gasteiger partial charge in [0.25, 0.3) is 0 Å². The zero-order valence-electron chi connectivity index (χ0n) is 13.9. The molecule has 1 aromatic heterocycles. The van der Waals surface area contributed by atoms with E-state index in [9.17, 15) is 5.11 Å². The lowest BCUT2D eigenvalue weighted by Gasteiger charge is -2.42. The van der Waals surface area contributed by atoms with Gasteiger partial charge in [0.2, 0.25) is 0 Å². The minimum absolute atomic E-state index is 0.277. The molecule has 1 atom stereocenters. The number of aryl methyl sites for hydroxylation is 2. The lowest BCUT2D eigenvalue weighted by molar-refractivity contribution is 0.0476. The van der Waals surface area contributed by atoms with Gasteiger partial charge in [-0.1, -0.05) is 13.8 Å². The summed E-state index contributed by atoms with van der Waals surface area (Å²) in [5, 5.41) is 13.8. The number of piperazine rings is 1. The summed E-state index contributed by atoms with van der Waals surface area (Å²) in [4.78, 5) is 5.05. The molecule has 21 heavy (non-hydrogen) atoms. The Balaban J connectivity index is 1.96. The summed E-state index contributed by atoms with van der Waals surface area (Å²) < 4.78 is 1.89. The fourth-order valence-corrected chi connectivity index (χ4v) is 3.28. The molecule has 1 N–H and O–H groups in total. The fraction of sp³-hybridized carbons (Fsp3) is 0.812. The summed E-state index contributed by atoms with van der Waals surface area (Å²) >= 11 is 0. The monoisotopic (exact) mass is 294 g/mol. The van der Waals surface area contributed by atoms with E-state index in [4.69, 9.17) is 0 Å². The largest absolute Gasteiger partial charge is 0.396 e. The lowest BCUT2D eigenvalue weighted by atomic mass is 10.1. The molecule has 0 radical (unpaired) electrons. The zero-order valence-corrected chi connectivity index (χ0v) is 13.9. The van der Waals surface area contributed by atoms with Crippen LogP contribution in [0.1, 0.15) is 31.5 Å². The Labute approximate surface area is 128 Å². The molecule has 5 heteroatoms. The maximum Gasteiger partial charge on any atom is 0.0638 e. The molecule has 1 fully saturated rings. The molecule has 5 nitrogen and oxygen atoms in total. The number of hydrogen-bond donors (Lipinski definition) is 1. The third-order valence-electron chi connectivity index (χ3n) is 4.26. The molecule has 0 aliphatic carbocycles. The Hall–Kier alpha value is -0.910. The van der Waals surface area contributed by atoms with Gasteiger partial charge >= 0.3 is 0 Å². The van der Waals surface area contributed by atoms with E-state index < -0.39 is 0 Å². The number of hydrogen-bond acceptors (Lipinski definition) is 4. The van der Waals surface area contributed by atoms with Crippen LogP contribution in [0.15, 0.2) is 6.20 Å². The van der Waals surface area contributed by atoms with E-state index in [1.807, 2.05) is 11.7 Å². The number of nitrogens with zero attached hydrogens (tertiary/aromatic N) is 4. The van der Waals surface area contributed by atoms with Crippen molar-refractivity contribution < 1.29 is 5.11 Å². The van der Waals surface area contributed by atoms with E-state index >= 15 is 0 Å². The third kappa shape index (κ3) is 4.53. The first-order chi connectivity index (χ1) is 9.99. The second kappa shape index (κ2) is 7.38. The van der Waals surface area contributed by atoms with Crippen LogP contribution in [-0.4, -0.2) is 63.5 Å². The SMILES string of the molecule is Cc1nn(C)cc1CN1CCN(CC(C)C)[C@H](CCO)C1. The summed E-state index contributed by atoms with van der Waals surface area (Å²) in [6.07, 6.45) is 2.99. The standard InChI is InChI=1S/C16H30N4O/c1-13(2)9-20-7-6-19(12-16(20)5-8-21)11-15-10-18(4)17-14(15)3/h10,13,16,21H,5-9,11-12H2,1-4H3/t16-/m1/s1. The highest BCUT2D eigenvalue weighted by molar-refractivity contribution is 5.15. The number of aromatic nitrogens is 2. The number of aliphatic hydroxyl groups excluding tert-OH is 1. The van der Waals surface area contributed by atoms with Crippen LogP contribution >= 0.6 is 0 Å². The van der Waals surface area contributed by atoms with Gasteiger partial charge in [0.05, 0.1) is 5.69 Å². The highest BCUT2D eigenvalue weighted by Crippen LogP contribution is 2.18. The Bertz CT molecular complexity index is 443. The Morgan fingerprint density at radius 2 is 2.14 bits per heavy atom. The van der Waals surface area contributed by atoms with Crippen LogP contribution < -0.4 is 0 Å². The summed E-state index contributed by atoms with van der Waals surface area (Å²) in [7, 11) is 1.98. The molecule has 1 aliphatic rings. The van der Waals surface area contributed by atoms with Gasteiger partial charge in [-0.3, -0.25) is 14.5 Å². The van der Waals surface area contributed by atoms with E-state index in [1.54, 1.807) is 0 Å². The molecule has 1 aliphatic heterocycles. The van der Waals surface area contributed by atoms with Crippen molar-refractivity contribution >= 4 is 0 Å². The van der Waals surface area contributed by atoms with Crippen LogP contribution in [0.25, 0.3) is 0 Å². The summed E-state index contributed by atoms with van der Waals surface area (Å²) in [5.74, 6) is 0.679. The lowest BCUT2D eigenvalue weighted by Crippen LogP contribution is -2.53. The molecule has 0 aromatic carbocycles. The molecule has 0 unspecified atom stereocenters. The van der Waals surface area contributed by atoms with E-state index in [0.29, 0.717) is 12.0 Å². The molecule has 120 valence electrons. The molecule has 1 aromatic rings. The summed E-state index contributed by atoms with van der Waals surface area (Å²) in [6, 6.07) is 0.475. The van der Waals surface area contributed by atoms with Gasteiger partial charge in [0.15, 0.2) is 0 Å². The average Bonchev–Trinajstić information content (AvgIpc) is 2.71. The first-order valence-corrected chi connectivity index (χ1v) is 8.06. The molecule has 2 rings (SSSR count). The fourth-order valence-electron chi connectivity index (χ4n) is 3.28. The summed E-state index contributed by atoms with van der Waals surface area (Å²) in [6.45, 7) is 12.2. The summed E-state index contributed by atoms with van der Waals surface area (Å²) in [5.41, 5.74) is 2.44. The van der Waals surface area contributed by atoms with Crippen LogP contribution in [0, 0.1) is 12.8 Å². The van der Waals surface area contributed by atoms with Crippen molar-refractivity contribution in [2.24, 2.45) is 13.0 Å². The zero-order chi connectivity index (χ0) is 15.4. The van der Waals surface area contributed by atoms with Gasteiger partial charge in [-0.2, -0.15) is 5.10 Å². The van der Waals surface area contributed by atoms with Crippen molar-refractivity contribution in [1.82, 2.24) is 19.6 Å². The maximum absolute atomic E-state index is 9.34. The number of aliphatic hydroxyl groups is 1. The Morgan fingerprint density at radius 3 is 2.71 bits per heavy atom. The van der Waals surface area contributed by atoms with E-state index in [2.05, 4.69) is 41.9 Å². The predicted molar refractivity (Wildman–Crippen MR) is 85.1 cm³/mol. The molecular formula is C16H30N4O. The number of rotatable bonds is 6. The van der Waals surface area contributed by atoms with Gasteiger partial charge in [0.1, 0.15) is 0 Å². The van der Waals surface area contributed by atoms with Gasteiger partial charge in [-0.25, -0.2) is 0 Å². The average molecular weight is 294 g/mol. The first kappa shape index (κ1) is 16.5. The van der Waals surface area contributed by atoms with Gasteiger partial charge in [-0.15, -0.1) is 0 Å². The normalized spacial score (nSPS) is 21.3. The second-order valence-corrected chi connectivity index (χ2v) is 6.70. The molecule has 0 spiro atoms. The van der Waals surface area contributed by atoms with Crippen molar-refractivity contribution in [1.29, 1.82) is 0 Å². The molecule has 2 heterocycles. The van der Waals surface area contributed by atoms with Gasteiger partial charge in [-0.05, 0) is 19.3 Å². The van der Waals surface area contributed by atoms with E-state index in [0.717, 1.165) is 44.8 Å². The van der Waals surface area contributed by atoms with Crippen molar-refractivity contribution in [3.63, 3.8) is 0 Å². The molecule has 0 saturated carbocycles. The molecule has 0 amide bonds. The quantitative estimate of drug-likeness (QED) is 0.858. The predicted octanol–water partition coefficient (Wildman–Crippen LogP) is 1.25. The molecule has 1 saturated heterocycles. The van der Waals surface area contributed by atoms with Gasteiger partial charge in [0, 0.05) is 64.2 Å². The minimum Gasteiger partial charge on any atom is -0.396 e. The van der Waals surface area contributed by atoms with Crippen LogP contribution in [0.3, 0.4) is 0 Å². The molecule has 0 bridgehead atoms. The van der Waals surface area contributed by atoms with Crippen LogP contribution in [0.2, 0.25) is 0 Å². The van der Waals surface area contributed by atoms with E-state index in [-0.39, 0.29) is 6.61 Å². The van der Waals surface area contributed by atoms with Crippen LogP contribution in [-0.2, 0) is 13.6 Å².